The molecule has 0 aliphatic heterocycles. The van der Waals surface area contributed by atoms with E-state index in [1.165, 1.54) is 0 Å². The van der Waals surface area contributed by atoms with E-state index in [4.69, 9.17) is 16.7 Å². The van der Waals surface area contributed by atoms with Crippen molar-refractivity contribution in [3.63, 3.8) is 0 Å². The summed E-state index contributed by atoms with van der Waals surface area (Å²) in [5, 5.41) is 9.43. The van der Waals surface area contributed by atoms with Crippen molar-refractivity contribution < 1.29 is 9.90 Å². The summed E-state index contributed by atoms with van der Waals surface area (Å²) in [6.45, 7) is 1.67. The summed E-state index contributed by atoms with van der Waals surface area (Å²) in [4.78, 5) is 15.0. The molecule has 0 bridgehead atoms. The van der Waals surface area contributed by atoms with E-state index in [0.717, 1.165) is 11.3 Å². The lowest BCUT2D eigenvalue weighted by Crippen LogP contribution is -2.12. The lowest BCUT2D eigenvalue weighted by Gasteiger charge is -2.01. The number of fused-ring (bicyclic) bond motifs is 1. The van der Waals surface area contributed by atoms with Crippen LogP contribution in [0.25, 0.3) is 5.65 Å². The number of carboxylic acids is 1. The molecule has 0 aromatic carbocycles. The number of carbonyl (C=O) groups is 1. The average molecular weight is 239 g/mol. The maximum atomic E-state index is 10.7. The number of hydrogen-bond donors (Lipinski definition) is 1. The zero-order valence-corrected chi connectivity index (χ0v) is 9.48. The lowest BCUT2D eigenvalue weighted by atomic mass is 10.1. The highest BCUT2D eigenvalue weighted by molar-refractivity contribution is 6.30. The Hall–Kier alpha value is -1.55. The number of carboxylic acid groups (broad SMARTS) is 1. The number of pyridine rings is 1. The van der Waals surface area contributed by atoms with Crippen LogP contribution in [-0.2, 0) is 11.2 Å². The van der Waals surface area contributed by atoms with Crippen LogP contribution in [-0.4, -0.2) is 20.5 Å². The molecule has 0 aliphatic carbocycles. The standard InChI is InChI=1S/C11H11ClN2O2/c1-7(11(15)16)4-9-6-14-5-8(12)2-3-10(14)13-9/h2-3,5-7H,4H2,1H3,(H,15,16). The van der Waals surface area contributed by atoms with E-state index >= 15 is 0 Å². The summed E-state index contributed by atoms with van der Waals surface area (Å²) < 4.78 is 1.80. The van der Waals surface area contributed by atoms with Crippen LogP contribution < -0.4 is 0 Å². The Kier molecular flexibility index (Phi) is 2.83. The number of hydrogen-bond acceptors (Lipinski definition) is 2. The summed E-state index contributed by atoms with van der Waals surface area (Å²) in [5.74, 6) is -1.24. The van der Waals surface area contributed by atoms with Gasteiger partial charge in [-0.25, -0.2) is 4.98 Å². The number of halogens is 1. The third-order valence-corrected chi connectivity index (χ3v) is 2.63. The molecule has 16 heavy (non-hydrogen) atoms. The molecule has 2 rings (SSSR count). The van der Waals surface area contributed by atoms with Crippen LogP contribution in [0.1, 0.15) is 12.6 Å². The van der Waals surface area contributed by atoms with Crippen LogP contribution in [0.2, 0.25) is 5.02 Å². The van der Waals surface area contributed by atoms with Gasteiger partial charge in [-0.05, 0) is 12.1 Å². The van der Waals surface area contributed by atoms with Gasteiger partial charge in [0.2, 0.25) is 0 Å². The molecule has 84 valence electrons. The molecule has 0 saturated carbocycles. The minimum absolute atomic E-state index is 0.425. The van der Waals surface area contributed by atoms with Crippen LogP contribution in [0.5, 0.6) is 0 Å². The van der Waals surface area contributed by atoms with Crippen LogP contribution in [0, 0.1) is 5.92 Å². The van der Waals surface area contributed by atoms with Gasteiger partial charge in [0, 0.05) is 18.8 Å². The minimum Gasteiger partial charge on any atom is -0.481 e. The Balaban J connectivity index is 2.29. The highest BCUT2D eigenvalue weighted by Crippen LogP contribution is 2.14. The van der Waals surface area contributed by atoms with Gasteiger partial charge in [-0.15, -0.1) is 0 Å². The molecule has 2 aromatic heterocycles. The quantitative estimate of drug-likeness (QED) is 0.892. The predicted octanol–water partition coefficient (Wildman–Crippen LogP) is 2.25. The second-order valence-corrected chi connectivity index (χ2v) is 4.22. The van der Waals surface area contributed by atoms with Gasteiger partial charge in [0.15, 0.2) is 0 Å². The van der Waals surface area contributed by atoms with E-state index in [0.29, 0.717) is 11.4 Å². The fraction of sp³-hybridized carbons (Fsp3) is 0.273. The Bertz CT molecular complexity index is 536. The topological polar surface area (TPSA) is 54.6 Å². The fourth-order valence-electron chi connectivity index (χ4n) is 1.52. The third kappa shape index (κ3) is 2.17. The molecule has 2 heterocycles. The van der Waals surface area contributed by atoms with E-state index < -0.39 is 11.9 Å². The second kappa shape index (κ2) is 4.14. The van der Waals surface area contributed by atoms with Crippen molar-refractivity contribution in [2.75, 3.05) is 0 Å². The smallest absolute Gasteiger partial charge is 0.306 e. The largest absolute Gasteiger partial charge is 0.481 e. The Labute approximate surface area is 97.5 Å². The summed E-state index contributed by atoms with van der Waals surface area (Å²) in [6, 6.07) is 3.56. The molecule has 5 heteroatoms. The van der Waals surface area contributed by atoms with Crippen molar-refractivity contribution in [2.24, 2.45) is 5.92 Å². The number of imidazole rings is 1. The first-order chi connectivity index (χ1) is 7.56. The molecule has 0 saturated heterocycles. The zero-order valence-electron chi connectivity index (χ0n) is 8.72. The summed E-state index contributed by atoms with van der Waals surface area (Å²) in [5.41, 5.74) is 1.54. The molecule has 1 unspecified atom stereocenters. The van der Waals surface area contributed by atoms with Gasteiger partial charge in [-0.3, -0.25) is 4.79 Å². The van der Waals surface area contributed by atoms with Gasteiger partial charge >= 0.3 is 5.97 Å². The number of rotatable bonds is 3. The van der Waals surface area contributed by atoms with Crippen molar-refractivity contribution in [1.29, 1.82) is 0 Å². The SMILES string of the molecule is CC(Cc1cn2cc(Cl)ccc2n1)C(=O)O. The van der Waals surface area contributed by atoms with Crippen molar-refractivity contribution in [3.8, 4) is 0 Å². The van der Waals surface area contributed by atoms with Gasteiger partial charge in [0.25, 0.3) is 0 Å². The molecule has 0 radical (unpaired) electrons. The molecule has 0 fully saturated rings. The molecule has 1 N–H and O–H groups in total. The van der Waals surface area contributed by atoms with Crippen LogP contribution in [0.15, 0.2) is 24.5 Å². The van der Waals surface area contributed by atoms with Crippen LogP contribution >= 0.6 is 11.6 Å². The van der Waals surface area contributed by atoms with Crippen molar-refractivity contribution in [2.45, 2.75) is 13.3 Å². The Morgan fingerprint density at radius 3 is 3.00 bits per heavy atom. The van der Waals surface area contributed by atoms with Crippen LogP contribution in [0.4, 0.5) is 0 Å². The molecule has 0 spiro atoms. The molecule has 0 amide bonds. The van der Waals surface area contributed by atoms with Gasteiger partial charge < -0.3 is 9.51 Å². The van der Waals surface area contributed by atoms with Crippen molar-refractivity contribution in [1.82, 2.24) is 9.38 Å². The highest BCUT2D eigenvalue weighted by atomic mass is 35.5. The van der Waals surface area contributed by atoms with Gasteiger partial charge in [0.1, 0.15) is 5.65 Å². The first-order valence-corrected chi connectivity index (χ1v) is 5.30. The molecule has 1 atom stereocenters. The fourth-order valence-corrected chi connectivity index (χ4v) is 1.68. The summed E-state index contributed by atoms with van der Waals surface area (Å²) >= 11 is 5.84. The van der Waals surface area contributed by atoms with Crippen molar-refractivity contribution >= 4 is 23.2 Å². The summed E-state index contributed by atoms with van der Waals surface area (Å²) in [7, 11) is 0. The maximum Gasteiger partial charge on any atom is 0.306 e. The van der Waals surface area contributed by atoms with E-state index in [9.17, 15) is 4.79 Å². The van der Waals surface area contributed by atoms with E-state index in [1.807, 2.05) is 0 Å². The van der Waals surface area contributed by atoms with Gasteiger partial charge in [-0.1, -0.05) is 18.5 Å². The molecular formula is C11H11ClN2O2. The van der Waals surface area contributed by atoms with Gasteiger partial charge in [-0.2, -0.15) is 0 Å². The number of aromatic nitrogens is 2. The van der Waals surface area contributed by atoms with E-state index in [2.05, 4.69) is 4.98 Å². The minimum atomic E-state index is -0.810. The number of nitrogens with zero attached hydrogens (tertiary/aromatic N) is 2. The Morgan fingerprint density at radius 1 is 1.56 bits per heavy atom. The van der Waals surface area contributed by atoms with E-state index in [-0.39, 0.29) is 0 Å². The lowest BCUT2D eigenvalue weighted by molar-refractivity contribution is -0.141. The highest BCUT2D eigenvalue weighted by Gasteiger charge is 2.13. The maximum absolute atomic E-state index is 10.7. The second-order valence-electron chi connectivity index (χ2n) is 3.79. The van der Waals surface area contributed by atoms with Crippen molar-refractivity contribution in [3.05, 3.63) is 35.2 Å². The zero-order chi connectivity index (χ0) is 11.7. The molecule has 4 nitrogen and oxygen atoms in total. The first kappa shape index (κ1) is 11.0. The normalized spacial score (nSPS) is 12.9. The van der Waals surface area contributed by atoms with Gasteiger partial charge in [0.05, 0.1) is 16.6 Å². The molecule has 0 aliphatic rings. The molecule has 2 aromatic rings. The van der Waals surface area contributed by atoms with Crippen LogP contribution in [0.3, 0.4) is 0 Å². The first-order valence-electron chi connectivity index (χ1n) is 4.92. The molecular weight excluding hydrogens is 228 g/mol. The third-order valence-electron chi connectivity index (χ3n) is 2.40. The summed E-state index contributed by atoms with van der Waals surface area (Å²) in [6.07, 6.45) is 3.98. The average Bonchev–Trinajstić information content (AvgIpc) is 2.58. The van der Waals surface area contributed by atoms with E-state index in [1.54, 1.807) is 35.9 Å². The predicted molar refractivity (Wildman–Crippen MR) is 60.7 cm³/mol. The monoisotopic (exact) mass is 238 g/mol. The Morgan fingerprint density at radius 2 is 2.31 bits per heavy atom. The number of aliphatic carboxylic acids is 1.